The maximum Gasteiger partial charge on any atom is 0.252 e. The van der Waals surface area contributed by atoms with E-state index in [9.17, 15) is 18.0 Å². The zero-order valence-electron chi connectivity index (χ0n) is 19.5. The van der Waals surface area contributed by atoms with Crippen molar-refractivity contribution in [1.82, 2.24) is 4.31 Å². The summed E-state index contributed by atoms with van der Waals surface area (Å²) < 4.78 is 34.7. The van der Waals surface area contributed by atoms with E-state index in [-0.39, 0.29) is 21.4 Å². The molecule has 2 amide bonds. The molecule has 1 heterocycles. The van der Waals surface area contributed by atoms with Crippen molar-refractivity contribution >= 4 is 50.7 Å². The molecular weight excluding hydrogens is 511 g/mol. The smallest absolute Gasteiger partial charge is 0.252 e. The van der Waals surface area contributed by atoms with Crippen LogP contribution < -0.4 is 9.64 Å². The maximum atomic E-state index is 14.0. The fraction of sp³-hybridized carbons (Fsp3) is 0.440. The number of carbonyl (C=O) groups excluding carboxylic acids is 2. The summed E-state index contributed by atoms with van der Waals surface area (Å²) in [5.74, 6) is -0.398. The predicted molar refractivity (Wildman–Crippen MR) is 135 cm³/mol. The number of carbonyl (C=O) groups is 2. The Hall–Kier alpha value is -2.13. The average molecular weight is 539 g/mol. The molecule has 1 aliphatic heterocycles. The lowest BCUT2D eigenvalue weighted by atomic mass is 10.1. The van der Waals surface area contributed by atoms with Gasteiger partial charge in [0, 0.05) is 11.1 Å². The number of halogens is 2. The van der Waals surface area contributed by atoms with Crippen LogP contribution in [0.15, 0.2) is 47.4 Å². The van der Waals surface area contributed by atoms with E-state index in [2.05, 4.69) is 0 Å². The molecule has 0 N–H and O–H groups in total. The molecular formula is C25H28Cl2N2O5S. The van der Waals surface area contributed by atoms with Gasteiger partial charge in [-0.1, -0.05) is 48.9 Å². The zero-order chi connectivity index (χ0) is 25.2. The number of ether oxygens (including phenoxy) is 1. The first-order valence-corrected chi connectivity index (χ1v) is 14.0. The van der Waals surface area contributed by atoms with Gasteiger partial charge >= 0.3 is 0 Å². The van der Waals surface area contributed by atoms with Crippen LogP contribution in [0.4, 0.5) is 5.69 Å². The van der Waals surface area contributed by atoms with Gasteiger partial charge in [0.05, 0.1) is 23.7 Å². The highest BCUT2D eigenvalue weighted by Crippen LogP contribution is 2.37. The number of benzene rings is 2. The molecule has 188 valence electrons. The van der Waals surface area contributed by atoms with E-state index in [1.165, 1.54) is 22.5 Å². The van der Waals surface area contributed by atoms with Crippen LogP contribution in [0.3, 0.4) is 0 Å². The predicted octanol–water partition coefficient (Wildman–Crippen LogP) is 5.44. The lowest BCUT2D eigenvalue weighted by Crippen LogP contribution is -2.50. The van der Waals surface area contributed by atoms with Crippen molar-refractivity contribution in [3.05, 3.63) is 52.5 Å². The number of amides is 2. The van der Waals surface area contributed by atoms with Gasteiger partial charge in [-0.25, -0.2) is 13.3 Å². The highest BCUT2D eigenvalue weighted by Gasteiger charge is 2.49. The number of imide groups is 1. The van der Waals surface area contributed by atoms with E-state index >= 15 is 0 Å². The van der Waals surface area contributed by atoms with Crippen molar-refractivity contribution in [2.75, 3.05) is 11.5 Å². The van der Waals surface area contributed by atoms with Crippen molar-refractivity contribution in [2.45, 2.75) is 68.8 Å². The fourth-order valence-electron chi connectivity index (χ4n) is 4.86. The Morgan fingerprint density at radius 1 is 1.00 bits per heavy atom. The van der Waals surface area contributed by atoms with Gasteiger partial charge in [0.1, 0.15) is 16.7 Å². The van der Waals surface area contributed by atoms with Gasteiger partial charge in [-0.15, -0.1) is 0 Å². The summed E-state index contributed by atoms with van der Waals surface area (Å²) >= 11 is 12.4. The molecule has 1 atom stereocenters. The first kappa shape index (κ1) is 25.9. The Kier molecular flexibility index (Phi) is 8.06. The van der Waals surface area contributed by atoms with Crippen LogP contribution in [0, 0.1) is 0 Å². The van der Waals surface area contributed by atoms with E-state index in [0.29, 0.717) is 30.9 Å². The summed E-state index contributed by atoms with van der Waals surface area (Å²) in [6, 6.07) is 9.28. The highest BCUT2D eigenvalue weighted by molar-refractivity contribution is 7.89. The van der Waals surface area contributed by atoms with Gasteiger partial charge in [-0.2, -0.15) is 4.31 Å². The monoisotopic (exact) mass is 538 g/mol. The molecule has 0 aromatic heterocycles. The van der Waals surface area contributed by atoms with Crippen LogP contribution in [0.1, 0.15) is 51.9 Å². The average Bonchev–Trinajstić information content (AvgIpc) is 2.98. The molecule has 2 fully saturated rings. The summed E-state index contributed by atoms with van der Waals surface area (Å²) in [5, 5.41) is 0.242. The Balaban J connectivity index is 1.74. The van der Waals surface area contributed by atoms with E-state index in [4.69, 9.17) is 27.9 Å². The number of hydrogen-bond acceptors (Lipinski definition) is 5. The lowest BCUT2D eigenvalue weighted by Gasteiger charge is -2.34. The number of rotatable bonds is 7. The third-order valence-corrected chi connectivity index (χ3v) is 9.15. The molecule has 1 saturated carbocycles. The van der Waals surface area contributed by atoms with Crippen molar-refractivity contribution in [3.63, 3.8) is 0 Å². The van der Waals surface area contributed by atoms with Crippen LogP contribution in [-0.4, -0.2) is 43.2 Å². The lowest BCUT2D eigenvalue weighted by molar-refractivity contribution is -0.122. The van der Waals surface area contributed by atoms with Gasteiger partial charge in [-0.05, 0) is 62.2 Å². The number of hydrogen-bond donors (Lipinski definition) is 0. The molecule has 0 bridgehead atoms. The van der Waals surface area contributed by atoms with E-state index in [1.807, 2.05) is 6.92 Å². The minimum Gasteiger partial charge on any atom is -0.494 e. The molecule has 4 rings (SSSR count). The van der Waals surface area contributed by atoms with E-state index in [1.54, 1.807) is 24.3 Å². The number of sulfonamides is 1. The third kappa shape index (κ3) is 5.35. The van der Waals surface area contributed by atoms with Crippen LogP contribution >= 0.6 is 23.2 Å². The molecule has 1 saturated heterocycles. The van der Waals surface area contributed by atoms with Gasteiger partial charge < -0.3 is 4.74 Å². The zero-order valence-corrected chi connectivity index (χ0v) is 21.8. The van der Waals surface area contributed by atoms with Crippen LogP contribution in [0.5, 0.6) is 5.75 Å². The quantitative estimate of drug-likeness (QED) is 0.346. The van der Waals surface area contributed by atoms with Crippen LogP contribution in [0.2, 0.25) is 10.0 Å². The van der Waals surface area contributed by atoms with Gasteiger partial charge in [0.15, 0.2) is 0 Å². The standard InChI is InChI=1S/C25H28Cl2N2O5S/c1-2-34-20-12-10-18(11-13-20)28-24(30)16-22(25(28)31)29(19-7-5-3-4-6-8-19)35(32,33)23-15-17(26)9-14-21(23)27/h9-15,19,22H,2-8,16H2,1H3. The summed E-state index contributed by atoms with van der Waals surface area (Å²) in [4.78, 5) is 27.6. The Morgan fingerprint density at radius 2 is 1.66 bits per heavy atom. The number of anilines is 1. The van der Waals surface area contributed by atoms with Gasteiger partial charge in [0.25, 0.3) is 5.91 Å². The van der Waals surface area contributed by atoms with Crippen LogP contribution in [-0.2, 0) is 19.6 Å². The fourth-order valence-corrected chi connectivity index (χ4v) is 7.43. The van der Waals surface area contributed by atoms with Crippen molar-refractivity contribution in [2.24, 2.45) is 0 Å². The molecule has 35 heavy (non-hydrogen) atoms. The first-order valence-electron chi connectivity index (χ1n) is 11.8. The first-order chi connectivity index (χ1) is 16.7. The minimum absolute atomic E-state index is 0.0214. The molecule has 10 heteroatoms. The van der Waals surface area contributed by atoms with Crippen molar-refractivity contribution in [3.8, 4) is 5.75 Å². The summed E-state index contributed by atoms with van der Waals surface area (Å²) in [7, 11) is -4.23. The molecule has 2 aromatic rings. The van der Waals surface area contributed by atoms with E-state index in [0.717, 1.165) is 30.6 Å². The largest absolute Gasteiger partial charge is 0.494 e. The summed E-state index contributed by atoms with van der Waals surface area (Å²) in [6.45, 7) is 2.35. The molecule has 7 nitrogen and oxygen atoms in total. The van der Waals surface area contributed by atoms with Crippen molar-refractivity contribution < 1.29 is 22.7 Å². The molecule has 2 aromatic carbocycles. The Morgan fingerprint density at radius 3 is 2.29 bits per heavy atom. The van der Waals surface area contributed by atoms with E-state index < -0.39 is 33.9 Å². The minimum atomic E-state index is -4.23. The third-order valence-electron chi connectivity index (χ3n) is 6.47. The summed E-state index contributed by atoms with van der Waals surface area (Å²) in [6.07, 6.45) is 4.67. The topological polar surface area (TPSA) is 84.0 Å². The van der Waals surface area contributed by atoms with Crippen LogP contribution in [0.25, 0.3) is 0 Å². The highest BCUT2D eigenvalue weighted by atomic mass is 35.5. The molecule has 1 unspecified atom stereocenters. The summed E-state index contributed by atoms with van der Waals surface area (Å²) in [5.41, 5.74) is 0.380. The Labute approximate surface area is 216 Å². The maximum absolute atomic E-state index is 14.0. The molecule has 0 spiro atoms. The SMILES string of the molecule is CCOc1ccc(N2C(=O)CC(N(C3CCCCCC3)S(=O)(=O)c3cc(Cl)ccc3Cl)C2=O)cc1. The normalized spacial score (nSPS) is 19.9. The molecule has 0 radical (unpaired) electrons. The molecule has 1 aliphatic carbocycles. The number of nitrogens with zero attached hydrogens (tertiary/aromatic N) is 2. The van der Waals surface area contributed by atoms with Gasteiger partial charge in [0.2, 0.25) is 15.9 Å². The van der Waals surface area contributed by atoms with Gasteiger partial charge in [-0.3, -0.25) is 9.59 Å². The Bertz CT molecular complexity index is 1190. The second-order valence-corrected chi connectivity index (χ2v) is 11.4. The second-order valence-electron chi connectivity index (χ2n) is 8.77. The van der Waals surface area contributed by atoms with Crippen molar-refractivity contribution in [1.29, 1.82) is 0 Å². The molecule has 2 aliphatic rings. The second kappa shape index (κ2) is 10.9.